The number of fused-ring (bicyclic) bond motifs is 1. The molecule has 152 valence electrons. The van der Waals surface area contributed by atoms with E-state index >= 15 is 0 Å². The summed E-state index contributed by atoms with van der Waals surface area (Å²) < 4.78 is 18.9. The van der Waals surface area contributed by atoms with Gasteiger partial charge < -0.3 is 19.6 Å². The average Bonchev–Trinajstić information content (AvgIpc) is 3.25. The van der Waals surface area contributed by atoms with Gasteiger partial charge in [0.05, 0.1) is 17.8 Å². The normalized spacial score (nSPS) is 23.3. The van der Waals surface area contributed by atoms with Gasteiger partial charge in [0.1, 0.15) is 18.2 Å². The van der Waals surface area contributed by atoms with Crippen LogP contribution in [-0.2, 0) is 9.53 Å². The van der Waals surface area contributed by atoms with Gasteiger partial charge in [0.2, 0.25) is 5.91 Å². The van der Waals surface area contributed by atoms with Crippen molar-refractivity contribution in [3.8, 4) is 5.75 Å². The molecule has 0 radical (unpaired) electrons. The van der Waals surface area contributed by atoms with Crippen molar-refractivity contribution in [2.45, 2.75) is 6.04 Å². The largest absolute Gasteiger partial charge is 0.506 e. The zero-order valence-electron chi connectivity index (χ0n) is 16.0. The predicted molar refractivity (Wildman–Crippen MR) is 102 cm³/mol. The van der Waals surface area contributed by atoms with Crippen LogP contribution in [0.5, 0.6) is 5.75 Å². The van der Waals surface area contributed by atoms with Gasteiger partial charge in [-0.3, -0.25) is 14.6 Å². The second-order valence-electron chi connectivity index (χ2n) is 7.54. The number of hydrogen-bond acceptors (Lipinski definition) is 5. The average molecular weight is 399 g/mol. The van der Waals surface area contributed by atoms with Crippen molar-refractivity contribution in [2.75, 3.05) is 33.4 Å². The van der Waals surface area contributed by atoms with E-state index in [-0.39, 0.29) is 47.9 Å². The molecule has 0 spiro atoms. The Kier molecular flexibility index (Phi) is 5.19. The van der Waals surface area contributed by atoms with Gasteiger partial charge in [0.25, 0.3) is 5.91 Å². The van der Waals surface area contributed by atoms with Crippen molar-refractivity contribution >= 4 is 11.8 Å². The smallest absolute Gasteiger partial charge is 0.255 e. The molecule has 2 aromatic rings. The SMILES string of the molecule is COCC(=O)N1C[C@H]2CN(C(=O)c3cncc(O)c3)C[C@H]2[C@@H]1c1cccc(F)c1. The third-order valence-electron chi connectivity index (χ3n) is 5.70. The van der Waals surface area contributed by atoms with Crippen LogP contribution in [-0.4, -0.2) is 65.1 Å². The van der Waals surface area contributed by atoms with Gasteiger partial charge in [0.15, 0.2) is 0 Å². The minimum atomic E-state index is -0.359. The summed E-state index contributed by atoms with van der Waals surface area (Å²) in [5.41, 5.74) is 1.04. The third-order valence-corrected chi connectivity index (χ3v) is 5.70. The molecular weight excluding hydrogens is 377 g/mol. The van der Waals surface area contributed by atoms with E-state index in [0.29, 0.717) is 25.2 Å². The number of carbonyl (C=O) groups excluding carboxylic acids is 2. The summed E-state index contributed by atoms with van der Waals surface area (Å²) in [6.07, 6.45) is 2.70. The van der Waals surface area contributed by atoms with E-state index < -0.39 is 0 Å². The van der Waals surface area contributed by atoms with E-state index in [4.69, 9.17) is 4.74 Å². The Bertz CT molecular complexity index is 938. The van der Waals surface area contributed by atoms with Crippen LogP contribution in [0.15, 0.2) is 42.7 Å². The van der Waals surface area contributed by atoms with E-state index in [2.05, 4.69) is 4.98 Å². The summed E-state index contributed by atoms with van der Waals surface area (Å²) in [4.78, 5) is 32.8. The Morgan fingerprint density at radius 3 is 2.79 bits per heavy atom. The molecule has 0 saturated carbocycles. The maximum absolute atomic E-state index is 13.9. The number of aromatic hydroxyl groups is 1. The van der Waals surface area contributed by atoms with Crippen LogP contribution >= 0.6 is 0 Å². The van der Waals surface area contributed by atoms with Crippen molar-refractivity contribution in [3.63, 3.8) is 0 Å². The number of likely N-dealkylation sites (tertiary alicyclic amines) is 2. The molecule has 2 saturated heterocycles. The molecule has 2 aliphatic heterocycles. The van der Waals surface area contributed by atoms with Gasteiger partial charge in [-0.25, -0.2) is 4.39 Å². The number of rotatable bonds is 4. The number of halogens is 1. The molecule has 0 bridgehead atoms. The lowest BCUT2D eigenvalue weighted by atomic mass is 9.89. The topological polar surface area (TPSA) is 83.0 Å². The summed E-state index contributed by atoms with van der Waals surface area (Å²) in [5.74, 6) is -0.710. The molecule has 0 aliphatic carbocycles. The molecule has 0 unspecified atom stereocenters. The fourth-order valence-corrected chi connectivity index (χ4v) is 4.52. The number of ether oxygens (including phenoxy) is 1. The van der Waals surface area contributed by atoms with E-state index in [0.717, 1.165) is 5.56 Å². The number of carbonyl (C=O) groups is 2. The summed E-state index contributed by atoms with van der Waals surface area (Å²) in [5, 5.41) is 9.60. The lowest BCUT2D eigenvalue weighted by Gasteiger charge is -2.30. The first kappa shape index (κ1) is 19.3. The Balaban J connectivity index is 1.60. The molecule has 2 fully saturated rings. The molecule has 3 atom stereocenters. The summed E-state index contributed by atoms with van der Waals surface area (Å²) in [6, 6.07) is 7.33. The number of pyridine rings is 1. The second kappa shape index (κ2) is 7.79. The number of aromatic nitrogens is 1. The predicted octanol–water partition coefficient (Wildman–Crippen LogP) is 1.84. The number of nitrogens with zero attached hydrogens (tertiary/aromatic N) is 3. The zero-order chi connectivity index (χ0) is 20.5. The fraction of sp³-hybridized carbons (Fsp3) is 0.381. The van der Waals surface area contributed by atoms with Crippen LogP contribution in [0, 0.1) is 17.7 Å². The number of amides is 2. The van der Waals surface area contributed by atoms with Crippen molar-refractivity contribution < 1.29 is 23.8 Å². The van der Waals surface area contributed by atoms with Gasteiger partial charge in [-0.15, -0.1) is 0 Å². The number of hydrogen-bond donors (Lipinski definition) is 1. The third kappa shape index (κ3) is 3.67. The Labute approximate surface area is 167 Å². The first-order valence-corrected chi connectivity index (χ1v) is 9.45. The van der Waals surface area contributed by atoms with E-state index in [9.17, 15) is 19.1 Å². The lowest BCUT2D eigenvalue weighted by Crippen LogP contribution is -2.38. The maximum Gasteiger partial charge on any atom is 0.255 e. The monoisotopic (exact) mass is 399 g/mol. The van der Waals surface area contributed by atoms with E-state index in [1.165, 1.54) is 37.7 Å². The van der Waals surface area contributed by atoms with Crippen molar-refractivity contribution in [1.82, 2.24) is 14.8 Å². The highest BCUT2D eigenvalue weighted by Gasteiger charge is 2.50. The van der Waals surface area contributed by atoms with Crippen molar-refractivity contribution in [1.29, 1.82) is 0 Å². The van der Waals surface area contributed by atoms with Crippen LogP contribution in [0.25, 0.3) is 0 Å². The molecule has 3 heterocycles. The molecule has 8 heteroatoms. The highest BCUT2D eigenvalue weighted by molar-refractivity contribution is 5.94. The van der Waals surface area contributed by atoms with E-state index in [1.807, 2.05) is 6.07 Å². The molecule has 7 nitrogen and oxygen atoms in total. The van der Waals surface area contributed by atoms with Crippen LogP contribution in [0.1, 0.15) is 22.0 Å². The van der Waals surface area contributed by atoms with Gasteiger partial charge in [-0.05, 0) is 23.8 Å². The zero-order valence-corrected chi connectivity index (χ0v) is 16.0. The molecule has 1 aromatic heterocycles. The minimum Gasteiger partial charge on any atom is -0.506 e. The maximum atomic E-state index is 13.9. The Hall–Kier alpha value is -3.00. The molecule has 29 heavy (non-hydrogen) atoms. The van der Waals surface area contributed by atoms with Crippen molar-refractivity contribution in [2.24, 2.45) is 11.8 Å². The van der Waals surface area contributed by atoms with Gasteiger partial charge in [-0.2, -0.15) is 0 Å². The summed E-state index contributed by atoms with van der Waals surface area (Å²) in [7, 11) is 1.47. The summed E-state index contributed by atoms with van der Waals surface area (Å²) in [6.45, 7) is 1.37. The van der Waals surface area contributed by atoms with Crippen molar-refractivity contribution in [3.05, 3.63) is 59.7 Å². The van der Waals surface area contributed by atoms with Crippen LogP contribution in [0.2, 0.25) is 0 Å². The second-order valence-corrected chi connectivity index (χ2v) is 7.54. The Morgan fingerprint density at radius 1 is 1.24 bits per heavy atom. The van der Waals surface area contributed by atoms with Gasteiger partial charge >= 0.3 is 0 Å². The molecule has 1 N–H and O–H groups in total. The van der Waals surface area contributed by atoms with Crippen LogP contribution in [0.3, 0.4) is 0 Å². The van der Waals surface area contributed by atoms with Crippen LogP contribution < -0.4 is 0 Å². The fourth-order valence-electron chi connectivity index (χ4n) is 4.52. The molecule has 1 aromatic carbocycles. The molecular formula is C21H22FN3O4. The molecule has 2 aliphatic rings. The first-order chi connectivity index (χ1) is 14.0. The standard InChI is InChI=1S/C21H22FN3O4/c1-29-12-19(27)25-10-15-9-24(21(28)14-6-17(26)8-23-7-14)11-18(15)20(25)13-3-2-4-16(22)5-13/h2-8,15,18,20,26H,9-12H2,1H3/t15-,18-,20+/m1/s1. The van der Waals surface area contributed by atoms with Crippen LogP contribution in [0.4, 0.5) is 4.39 Å². The molecule has 2 amide bonds. The minimum absolute atomic E-state index is 0.00757. The highest BCUT2D eigenvalue weighted by atomic mass is 19.1. The number of methoxy groups -OCH3 is 1. The highest BCUT2D eigenvalue weighted by Crippen LogP contribution is 2.45. The summed E-state index contributed by atoms with van der Waals surface area (Å²) >= 11 is 0. The van der Waals surface area contributed by atoms with Gasteiger partial charge in [0, 0.05) is 44.8 Å². The van der Waals surface area contributed by atoms with E-state index in [1.54, 1.807) is 15.9 Å². The number of benzene rings is 1. The Morgan fingerprint density at radius 2 is 2.07 bits per heavy atom. The van der Waals surface area contributed by atoms with Gasteiger partial charge in [-0.1, -0.05) is 12.1 Å². The quantitative estimate of drug-likeness (QED) is 0.848. The molecule has 4 rings (SSSR count). The lowest BCUT2D eigenvalue weighted by molar-refractivity contribution is -0.136. The first-order valence-electron chi connectivity index (χ1n) is 9.45.